The molecule has 1 atom stereocenters. The predicted molar refractivity (Wildman–Crippen MR) is 102 cm³/mol. The van der Waals surface area contributed by atoms with Gasteiger partial charge in [-0.25, -0.2) is 0 Å². The largest absolute Gasteiger partial charge is 0.378 e. The number of amides is 1. The Morgan fingerprint density at radius 3 is 2.73 bits per heavy atom. The molecule has 1 aromatic carbocycles. The van der Waals surface area contributed by atoms with Gasteiger partial charge in [0, 0.05) is 27.6 Å². The van der Waals surface area contributed by atoms with Gasteiger partial charge in [-0.05, 0) is 41.3 Å². The summed E-state index contributed by atoms with van der Waals surface area (Å²) < 4.78 is 0. The molecule has 0 aliphatic heterocycles. The summed E-state index contributed by atoms with van der Waals surface area (Å²) in [5.74, 6) is -0.474. The van der Waals surface area contributed by atoms with Gasteiger partial charge in [0.25, 0.3) is 11.6 Å². The molecule has 26 heavy (non-hydrogen) atoms. The number of hydrogen-bond donors (Lipinski definition) is 2. The molecule has 0 radical (unpaired) electrons. The van der Waals surface area contributed by atoms with Gasteiger partial charge >= 0.3 is 0 Å². The molecule has 2 heterocycles. The molecule has 0 saturated carbocycles. The lowest BCUT2D eigenvalue weighted by Crippen LogP contribution is -2.41. The van der Waals surface area contributed by atoms with Crippen molar-refractivity contribution in [1.82, 2.24) is 5.32 Å². The van der Waals surface area contributed by atoms with Crippen molar-refractivity contribution < 1.29 is 14.8 Å². The highest BCUT2D eigenvalue weighted by molar-refractivity contribution is 7.10. The van der Waals surface area contributed by atoms with Crippen molar-refractivity contribution in [2.24, 2.45) is 0 Å². The van der Waals surface area contributed by atoms with E-state index in [0.29, 0.717) is 16.0 Å². The van der Waals surface area contributed by atoms with Gasteiger partial charge in [0.15, 0.2) is 0 Å². The topological polar surface area (TPSA) is 92.5 Å². The highest BCUT2D eigenvalue weighted by atomic mass is 32.1. The third-order valence-corrected chi connectivity index (χ3v) is 5.80. The second-order valence-electron chi connectivity index (χ2n) is 5.79. The third-order valence-electron chi connectivity index (χ3n) is 4.10. The number of nitro benzene ring substituents is 1. The normalized spacial score (nSPS) is 13.2. The number of nitrogens with one attached hydrogen (secondary N) is 1. The third kappa shape index (κ3) is 3.52. The summed E-state index contributed by atoms with van der Waals surface area (Å²) in [5.41, 5.74) is -0.0920. The number of thiophene rings is 2. The zero-order valence-electron chi connectivity index (χ0n) is 13.8. The molecule has 0 aliphatic rings. The Hall–Kier alpha value is -2.55. The molecule has 1 unspecified atom stereocenters. The molecule has 0 aliphatic carbocycles. The first-order valence-corrected chi connectivity index (χ1v) is 9.56. The molecular formula is C18H16N2O4S2. The standard InChI is InChI=1S/C18H16N2O4S2/c1-12-4-5-13(9-15(12)20(23)24)17(21)19-11-18(22,14-6-8-25-10-14)16-3-2-7-26-16/h2-10,22H,11H2,1H3,(H,19,21). The Labute approximate surface area is 157 Å². The molecule has 134 valence electrons. The number of benzene rings is 1. The quantitative estimate of drug-likeness (QED) is 0.497. The molecule has 2 aromatic heterocycles. The van der Waals surface area contributed by atoms with Crippen LogP contribution in [0.3, 0.4) is 0 Å². The lowest BCUT2D eigenvalue weighted by Gasteiger charge is -2.27. The molecule has 3 rings (SSSR count). The van der Waals surface area contributed by atoms with Gasteiger partial charge in [0.1, 0.15) is 5.60 Å². The van der Waals surface area contributed by atoms with Crippen molar-refractivity contribution in [3.05, 3.63) is 84.2 Å². The van der Waals surface area contributed by atoms with Crippen molar-refractivity contribution in [3.8, 4) is 0 Å². The molecule has 0 fully saturated rings. The minimum atomic E-state index is -1.35. The minimum absolute atomic E-state index is 0.0370. The van der Waals surface area contributed by atoms with Crippen LogP contribution >= 0.6 is 22.7 Å². The van der Waals surface area contributed by atoms with Crippen LogP contribution in [-0.4, -0.2) is 22.5 Å². The summed E-state index contributed by atoms with van der Waals surface area (Å²) in [6.45, 7) is 1.58. The molecule has 3 aromatic rings. The van der Waals surface area contributed by atoms with Gasteiger partial charge < -0.3 is 10.4 Å². The first-order valence-electron chi connectivity index (χ1n) is 7.74. The van der Waals surface area contributed by atoms with E-state index in [1.807, 2.05) is 34.3 Å². The van der Waals surface area contributed by atoms with Crippen LogP contribution in [0.5, 0.6) is 0 Å². The van der Waals surface area contributed by atoms with Crippen LogP contribution in [0.4, 0.5) is 5.69 Å². The fourth-order valence-electron chi connectivity index (χ4n) is 2.60. The minimum Gasteiger partial charge on any atom is -0.378 e. The number of aryl methyl sites for hydroxylation is 1. The van der Waals surface area contributed by atoms with Gasteiger partial charge in [-0.1, -0.05) is 12.1 Å². The first kappa shape index (κ1) is 18.2. The number of aliphatic hydroxyl groups is 1. The van der Waals surface area contributed by atoms with Crippen LogP contribution in [0.2, 0.25) is 0 Å². The second kappa shape index (κ2) is 7.36. The summed E-state index contributed by atoms with van der Waals surface area (Å²) in [4.78, 5) is 23.7. The van der Waals surface area contributed by atoms with E-state index >= 15 is 0 Å². The Balaban J connectivity index is 1.83. The maximum absolute atomic E-state index is 12.5. The van der Waals surface area contributed by atoms with Crippen LogP contribution in [-0.2, 0) is 5.60 Å². The van der Waals surface area contributed by atoms with E-state index in [2.05, 4.69) is 5.32 Å². The summed E-state index contributed by atoms with van der Waals surface area (Å²) in [6, 6.07) is 9.78. The van der Waals surface area contributed by atoms with Gasteiger partial charge in [-0.3, -0.25) is 14.9 Å². The van der Waals surface area contributed by atoms with E-state index in [1.165, 1.54) is 40.9 Å². The van der Waals surface area contributed by atoms with Crippen molar-refractivity contribution in [2.45, 2.75) is 12.5 Å². The number of nitrogens with zero attached hydrogens (tertiary/aromatic N) is 1. The van der Waals surface area contributed by atoms with Gasteiger partial charge in [0.05, 0.1) is 11.5 Å². The van der Waals surface area contributed by atoms with Gasteiger partial charge in [-0.2, -0.15) is 11.3 Å². The molecule has 6 nitrogen and oxygen atoms in total. The lowest BCUT2D eigenvalue weighted by atomic mass is 9.94. The van der Waals surface area contributed by atoms with E-state index in [9.17, 15) is 20.0 Å². The van der Waals surface area contributed by atoms with Crippen LogP contribution < -0.4 is 5.32 Å². The molecule has 1 amide bonds. The van der Waals surface area contributed by atoms with Crippen LogP contribution in [0, 0.1) is 17.0 Å². The summed E-state index contributed by atoms with van der Waals surface area (Å²) >= 11 is 2.86. The zero-order chi connectivity index (χ0) is 18.7. The predicted octanol–water partition coefficient (Wildman–Crippen LogP) is 3.69. The monoisotopic (exact) mass is 388 g/mol. The highest BCUT2D eigenvalue weighted by Gasteiger charge is 2.33. The zero-order valence-corrected chi connectivity index (χ0v) is 15.5. The number of nitro groups is 1. The van der Waals surface area contributed by atoms with Crippen molar-refractivity contribution in [2.75, 3.05) is 6.54 Å². The fourth-order valence-corrected chi connectivity index (χ4v) is 4.17. The molecule has 0 saturated heterocycles. The maximum Gasteiger partial charge on any atom is 0.273 e. The Morgan fingerprint density at radius 2 is 2.12 bits per heavy atom. The fraction of sp³-hybridized carbons (Fsp3) is 0.167. The van der Waals surface area contributed by atoms with Crippen molar-refractivity contribution in [1.29, 1.82) is 0 Å². The second-order valence-corrected chi connectivity index (χ2v) is 7.52. The number of rotatable bonds is 6. The molecule has 0 bridgehead atoms. The number of carbonyl (C=O) groups is 1. The van der Waals surface area contributed by atoms with Crippen LogP contribution in [0.25, 0.3) is 0 Å². The Morgan fingerprint density at radius 1 is 1.31 bits per heavy atom. The van der Waals surface area contributed by atoms with Crippen molar-refractivity contribution >= 4 is 34.3 Å². The molecular weight excluding hydrogens is 372 g/mol. The SMILES string of the molecule is Cc1ccc(C(=O)NCC(O)(c2ccsc2)c2cccs2)cc1[N+](=O)[O-]. The van der Waals surface area contributed by atoms with E-state index in [1.54, 1.807) is 6.92 Å². The summed E-state index contributed by atoms with van der Waals surface area (Å²) in [7, 11) is 0. The first-order chi connectivity index (χ1) is 12.4. The van der Waals surface area contributed by atoms with Crippen molar-refractivity contribution in [3.63, 3.8) is 0 Å². The van der Waals surface area contributed by atoms with Crippen LogP contribution in [0.1, 0.15) is 26.4 Å². The maximum atomic E-state index is 12.5. The average Bonchev–Trinajstić information content (AvgIpc) is 3.33. The van der Waals surface area contributed by atoms with E-state index in [0.717, 1.165) is 0 Å². The van der Waals surface area contributed by atoms with Gasteiger partial charge in [-0.15, -0.1) is 11.3 Å². The van der Waals surface area contributed by atoms with E-state index in [4.69, 9.17) is 0 Å². The number of hydrogen-bond acceptors (Lipinski definition) is 6. The van der Waals surface area contributed by atoms with Crippen LogP contribution in [0.15, 0.2) is 52.5 Å². The lowest BCUT2D eigenvalue weighted by molar-refractivity contribution is -0.385. The summed E-state index contributed by atoms with van der Waals surface area (Å²) in [5, 5.41) is 30.5. The van der Waals surface area contributed by atoms with E-state index in [-0.39, 0.29) is 17.8 Å². The molecule has 2 N–H and O–H groups in total. The molecule has 8 heteroatoms. The number of carbonyl (C=O) groups excluding carboxylic acids is 1. The summed E-state index contributed by atoms with van der Waals surface area (Å²) in [6.07, 6.45) is 0. The Kier molecular flexibility index (Phi) is 5.17. The smallest absolute Gasteiger partial charge is 0.273 e. The Bertz CT molecular complexity index is 887. The highest BCUT2D eigenvalue weighted by Crippen LogP contribution is 2.33. The van der Waals surface area contributed by atoms with Gasteiger partial charge in [0.2, 0.25) is 0 Å². The average molecular weight is 388 g/mol. The van der Waals surface area contributed by atoms with E-state index < -0.39 is 16.4 Å². The molecule has 0 spiro atoms.